The number of carboxylic acid groups (broad SMARTS) is 1. The molecule has 0 heterocycles. The number of carboxylic acids is 1. The Balaban J connectivity index is 2.65. The fourth-order valence-corrected chi connectivity index (χ4v) is 1.93. The van der Waals surface area contributed by atoms with Gasteiger partial charge in [0.25, 0.3) is 0 Å². The Labute approximate surface area is 128 Å². The average molecular weight is 315 g/mol. The molecule has 6 nitrogen and oxygen atoms in total. The third-order valence-corrected chi connectivity index (χ3v) is 3.19. The van der Waals surface area contributed by atoms with E-state index in [-0.39, 0.29) is 17.9 Å². The van der Waals surface area contributed by atoms with Crippen LogP contribution in [0.5, 0.6) is 0 Å². The number of nitrogens with one attached hydrogen (secondary N) is 1. The summed E-state index contributed by atoms with van der Waals surface area (Å²) in [5.41, 5.74) is 0.156. The third kappa shape index (κ3) is 5.61. The Bertz CT molecular complexity index is 508. The molecule has 116 valence electrons. The number of anilines is 1. The Morgan fingerprint density at radius 1 is 1.29 bits per heavy atom. The van der Waals surface area contributed by atoms with E-state index in [1.165, 1.54) is 23.1 Å². The molecule has 0 atom stereocenters. The molecule has 21 heavy (non-hydrogen) atoms. The number of amides is 2. The molecule has 0 saturated heterocycles. The standard InChI is InChI=1S/C14H19ClN2O4/c1-17(7-3-2-4-8-18)14(21)16-12-9-10(15)5-6-11(12)13(19)20/h5-6,9,18H,2-4,7-8H2,1H3,(H,16,21)(H,19,20). The van der Waals surface area contributed by atoms with Crippen LogP contribution in [0.25, 0.3) is 0 Å². The number of urea groups is 1. The molecule has 0 radical (unpaired) electrons. The normalized spacial score (nSPS) is 10.2. The second-order valence-corrected chi connectivity index (χ2v) is 5.07. The lowest BCUT2D eigenvalue weighted by molar-refractivity contribution is 0.0698. The number of hydrogen-bond donors (Lipinski definition) is 3. The minimum absolute atomic E-state index is 0.0126. The number of aliphatic hydroxyl groups is 1. The second-order valence-electron chi connectivity index (χ2n) is 4.63. The Kier molecular flexibility index (Phi) is 6.98. The number of aliphatic hydroxyl groups excluding tert-OH is 1. The van der Waals surface area contributed by atoms with Gasteiger partial charge in [-0.15, -0.1) is 0 Å². The fraction of sp³-hybridized carbons (Fsp3) is 0.429. The first-order chi connectivity index (χ1) is 9.95. The van der Waals surface area contributed by atoms with Crippen molar-refractivity contribution in [1.82, 2.24) is 4.90 Å². The highest BCUT2D eigenvalue weighted by molar-refractivity contribution is 6.31. The van der Waals surface area contributed by atoms with Crippen molar-refractivity contribution < 1.29 is 19.8 Å². The van der Waals surface area contributed by atoms with E-state index in [0.717, 1.165) is 12.8 Å². The van der Waals surface area contributed by atoms with Crippen LogP contribution in [-0.2, 0) is 0 Å². The first-order valence-corrected chi connectivity index (χ1v) is 6.99. The Morgan fingerprint density at radius 2 is 2.00 bits per heavy atom. The molecule has 0 spiro atoms. The van der Waals surface area contributed by atoms with Gasteiger partial charge in [-0.05, 0) is 37.5 Å². The summed E-state index contributed by atoms with van der Waals surface area (Å²) >= 11 is 5.82. The monoisotopic (exact) mass is 314 g/mol. The lowest BCUT2D eigenvalue weighted by Crippen LogP contribution is -2.32. The summed E-state index contributed by atoms with van der Waals surface area (Å²) in [6, 6.07) is 3.81. The zero-order valence-electron chi connectivity index (χ0n) is 11.8. The van der Waals surface area contributed by atoms with Gasteiger partial charge in [-0.25, -0.2) is 9.59 Å². The number of carbonyl (C=O) groups excluding carboxylic acids is 1. The van der Waals surface area contributed by atoms with E-state index < -0.39 is 12.0 Å². The quantitative estimate of drug-likeness (QED) is 0.675. The molecule has 1 aromatic carbocycles. The molecule has 0 aliphatic carbocycles. The topological polar surface area (TPSA) is 89.9 Å². The predicted molar refractivity (Wildman–Crippen MR) is 81.0 cm³/mol. The van der Waals surface area contributed by atoms with Crippen LogP contribution in [0.2, 0.25) is 5.02 Å². The van der Waals surface area contributed by atoms with E-state index in [2.05, 4.69) is 5.32 Å². The van der Waals surface area contributed by atoms with E-state index in [0.29, 0.717) is 18.0 Å². The number of halogens is 1. The van der Waals surface area contributed by atoms with Gasteiger partial charge in [-0.3, -0.25) is 0 Å². The van der Waals surface area contributed by atoms with Gasteiger partial charge >= 0.3 is 12.0 Å². The lowest BCUT2D eigenvalue weighted by Gasteiger charge is -2.18. The zero-order chi connectivity index (χ0) is 15.8. The summed E-state index contributed by atoms with van der Waals surface area (Å²) in [6.45, 7) is 0.662. The number of nitrogens with zero attached hydrogens (tertiary/aromatic N) is 1. The molecule has 0 fully saturated rings. The number of rotatable bonds is 7. The summed E-state index contributed by atoms with van der Waals surface area (Å²) in [5.74, 6) is -1.13. The van der Waals surface area contributed by atoms with Gasteiger partial charge < -0.3 is 20.4 Å². The molecule has 1 aromatic rings. The molecule has 0 saturated carbocycles. The van der Waals surface area contributed by atoms with Crippen molar-refractivity contribution in [2.45, 2.75) is 19.3 Å². The van der Waals surface area contributed by atoms with Crippen molar-refractivity contribution in [3.63, 3.8) is 0 Å². The van der Waals surface area contributed by atoms with Crippen molar-refractivity contribution in [2.24, 2.45) is 0 Å². The van der Waals surface area contributed by atoms with Crippen LogP contribution in [0.3, 0.4) is 0 Å². The minimum atomic E-state index is -1.13. The van der Waals surface area contributed by atoms with E-state index in [1.54, 1.807) is 7.05 Å². The molecule has 3 N–H and O–H groups in total. The van der Waals surface area contributed by atoms with Gasteiger partial charge in [0.1, 0.15) is 0 Å². The maximum atomic E-state index is 12.0. The van der Waals surface area contributed by atoms with E-state index >= 15 is 0 Å². The molecular formula is C14H19ClN2O4. The molecule has 0 aromatic heterocycles. The molecule has 0 unspecified atom stereocenters. The van der Waals surface area contributed by atoms with Crippen molar-refractivity contribution >= 4 is 29.3 Å². The smallest absolute Gasteiger partial charge is 0.337 e. The SMILES string of the molecule is CN(CCCCCO)C(=O)Nc1cc(Cl)ccc1C(=O)O. The number of benzene rings is 1. The van der Waals surface area contributed by atoms with Crippen LogP contribution in [-0.4, -0.2) is 47.3 Å². The number of aromatic carboxylic acids is 1. The van der Waals surface area contributed by atoms with Crippen LogP contribution in [0.15, 0.2) is 18.2 Å². The zero-order valence-corrected chi connectivity index (χ0v) is 12.6. The maximum Gasteiger partial charge on any atom is 0.337 e. The van der Waals surface area contributed by atoms with Gasteiger partial charge in [0.15, 0.2) is 0 Å². The largest absolute Gasteiger partial charge is 0.478 e. The van der Waals surface area contributed by atoms with Crippen LogP contribution in [0.4, 0.5) is 10.5 Å². The lowest BCUT2D eigenvalue weighted by atomic mass is 10.2. The fourth-order valence-electron chi connectivity index (χ4n) is 1.76. The van der Waals surface area contributed by atoms with Crippen molar-refractivity contribution in [3.8, 4) is 0 Å². The van der Waals surface area contributed by atoms with Gasteiger partial charge in [0.2, 0.25) is 0 Å². The summed E-state index contributed by atoms with van der Waals surface area (Å²) < 4.78 is 0. The number of carbonyl (C=O) groups is 2. The van der Waals surface area contributed by atoms with Gasteiger partial charge in [0.05, 0.1) is 11.3 Å². The summed E-state index contributed by atoms with van der Waals surface area (Å²) in [6.07, 6.45) is 2.30. The average Bonchev–Trinajstić information content (AvgIpc) is 2.43. The summed E-state index contributed by atoms with van der Waals surface area (Å²) in [7, 11) is 1.62. The highest BCUT2D eigenvalue weighted by atomic mass is 35.5. The maximum absolute atomic E-state index is 12.0. The summed E-state index contributed by atoms with van der Waals surface area (Å²) in [5, 5.41) is 20.7. The highest BCUT2D eigenvalue weighted by Gasteiger charge is 2.15. The molecule has 1 rings (SSSR count). The Hall–Kier alpha value is -1.79. The number of unbranched alkanes of at least 4 members (excludes halogenated alkanes) is 2. The van der Waals surface area contributed by atoms with Gasteiger partial charge in [-0.1, -0.05) is 11.6 Å². The van der Waals surface area contributed by atoms with Crippen molar-refractivity contribution in [1.29, 1.82) is 0 Å². The summed E-state index contributed by atoms with van der Waals surface area (Å²) in [4.78, 5) is 24.6. The number of hydrogen-bond acceptors (Lipinski definition) is 3. The molecule has 0 aliphatic rings. The molecule has 2 amide bonds. The second kappa shape index (κ2) is 8.49. The third-order valence-electron chi connectivity index (χ3n) is 2.95. The van der Waals surface area contributed by atoms with E-state index in [1.807, 2.05) is 0 Å². The Morgan fingerprint density at radius 3 is 2.62 bits per heavy atom. The minimum Gasteiger partial charge on any atom is -0.478 e. The first kappa shape index (κ1) is 17.3. The van der Waals surface area contributed by atoms with Crippen LogP contribution >= 0.6 is 11.6 Å². The van der Waals surface area contributed by atoms with E-state index in [4.69, 9.17) is 21.8 Å². The van der Waals surface area contributed by atoms with Gasteiger partial charge in [0, 0.05) is 25.2 Å². The van der Waals surface area contributed by atoms with Crippen molar-refractivity contribution in [2.75, 3.05) is 25.5 Å². The molecular weight excluding hydrogens is 296 g/mol. The van der Waals surface area contributed by atoms with Crippen LogP contribution in [0, 0.1) is 0 Å². The van der Waals surface area contributed by atoms with E-state index in [9.17, 15) is 9.59 Å². The van der Waals surface area contributed by atoms with Gasteiger partial charge in [-0.2, -0.15) is 0 Å². The molecule has 0 aliphatic heterocycles. The highest BCUT2D eigenvalue weighted by Crippen LogP contribution is 2.21. The first-order valence-electron chi connectivity index (χ1n) is 6.61. The predicted octanol–water partition coefficient (Wildman–Crippen LogP) is 2.66. The van der Waals surface area contributed by atoms with Crippen LogP contribution in [0.1, 0.15) is 29.6 Å². The molecule has 0 bridgehead atoms. The van der Waals surface area contributed by atoms with Crippen LogP contribution < -0.4 is 5.32 Å². The molecule has 7 heteroatoms. The van der Waals surface area contributed by atoms with Crippen molar-refractivity contribution in [3.05, 3.63) is 28.8 Å².